The molecule has 0 saturated heterocycles. The minimum atomic E-state index is -0.249. The smallest absolute Gasteiger partial charge is 0.271 e. The van der Waals surface area contributed by atoms with Crippen molar-refractivity contribution < 1.29 is 18.7 Å². The predicted molar refractivity (Wildman–Crippen MR) is 87.8 cm³/mol. The summed E-state index contributed by atoms with van der Waals surface area (Å²) >= 11 is 1.35. The Hall–Kier alpha value is -3.00. The molecule has 0 radical (unpaired) electrons. The molecule has 2 N–H and O–H groups in total. The fourth-order valence-electron chi connectivity index (χ4n) is 2.20. The third-order valence-corrected chi connectivity index (χ3v) is 4.12. The lowest BCUT2D eigenvalue weighted by atomic mass is 10.3. The first-order valence-electron chi connectivity index (χ1n) is 7.21. The summed E-state index contributed by atoms with van der Waals surface area (Å²) in [5.41, 5.74) is 1.17. The quantitative estimate of drug-likeness (QED) is 0.740. The molecule has 3 aromatic rings. The molecule has 0 unspecified atom stereocenters. The van der Waals surface area contributed by atoms with Crippen LogP contribution in [0.2, 0.25) is 0 Å². The number of hydrogen-bond donors (Lipinski definition) is 2. The highest BCUT2D eigenvalue weighted by atomic mass is 32.1. The van der Waals surface area contributed by atoms with Crippen LogP contribution in [0, 0.1) is 0 Å². The molecule has 1 aliphatic rings. The van der Waals surface area contributed by atoms with Crippen LogP contribution in [-0.2, 0) is 6.54 Å². The summed E-state index contributed by atoms with van der Waals surface area (Å²) in [7, 11) is 0. The van der Waals surface area contributed by atoms with E-state index in [1.807, 2.05) is 18.2 Å². The normalized spacial score (nSPS) is 12.2. The van der Waals surface area contributed by atoms with Crippen LogP contribution in [0.1, 0.15) is 16.2 Å². The summed E-state index contributed by atoms with van der Waals surface area (Å²) in [6.45, 7) is 0.560. The second-order valence-corrected chi connectivity index (χ2v) is 5.85. The van der Waals surface area contributed by atoms with Gasteiger partial charge in [0.25, 0.3) is 5.91 Å². The van der Waals surface area contributed by atoms with Gasteiger partial charge in [0.15, 0.2) is 16.6 Å². The summed E-state index contributed by atoms with van der Waals surface area (Å²) in [6, 6.07) is 9.10. The number of ether oxygens (including phenoxy) is 2. The van der Waals surface area contributed by atoms with E-state index in [9.17, 15) is 4.79 Å². The van der Waals surface area contributed by atoms with Crippen molar-refractivity contribution in [2.75, 3.05) is 12.1 Å². The fourth-order valence-corrected chi connectivity index (χ4v) is 2.92. The molecule has 0 aliphatic carbocycles. The molecule has 0 saturated carbocycles. The van der Waals surface area contributed by atoms with Gasteiger partial charge < -0.3 is 24.5 Å². The Morgan fingerprint density at radius 2 is 2.17 bits per heavy atom. The molecule has 2 aromatic heterocycles. The lowest BCUT2D eigenvalue weighted by Crippen LogP contribution is -2.22. The van der Waals surface area contributed by atoms with Crippen molar-refractivity contribution >= 4 is 28.1 Å². The number of thiazole rings is 1. The first-order valence-corrected chi connectivity index (χ1v) is 8.09. The highest BCUT2D eigenvalue weighted by Gasteiger charge is 2.15. The maximum Gasteiger partial charge on any atom is 0.271 e. The largest absolute Gasteiger partial charge is 0.467 e. The fraction of sp³-hybridized carbons (Fsp3) is 0.125. The zero-order valence-corrected chi connectivity index (χ0v) is 13.3. The van der Waals surface area contributed by atoms with E-state index in [4.69, 9.17) is 13.9 Å². The van der Waals surface area contributed by atoms with Gasteiger partial charge in [-0.05, 0) is 24.3 Å². The number of amides is 1. The van der Waals surface area contributed by atoms with Crippen LogP contribution >= 0.6 is 11.3 Å². The lowest BCUT2D eigenvalue weighted by Gasteiger charge is -2.03. The van der Waals surface area contributed by atoms with Gasteiger partial charge in [0.05, 0.1) is 12.8 Å². The van der Waals surface area contributed by atoms with Gasteiger partial charge >= 0.3 is 0 Å². The van der Waals surface area contributed by atoms with Crippen LogP contribution in [0.3, 0.4) is 0 Å². The highest BCUT2D eigenvalue weighted by molar-refractivity contribution is 7.14. The topological polar surface area (TPSA) is 85.6 Å². The monoisotopic (exact) mass is 343 g/mol. The van der Waals surface area contributed by atoms with Crippen molar-refractivity contribution in [3.8, 4) is 11.5 Å². The zero-order chi connectivity index (χ0) is 16.4. The zero-order valence-electron chi connectivity index (χ0n) is 12.4. The minimum absolute atomic E-state index is 0.232. The molecule has 0 spiro atoms. The molecular weight excluding hydrogens is 330 g/mol. The van der Waals surface area contributed by atoms with Crippen LogP contribution in [0.15, 0.2) is 46.4 Å². The summed E-state index contributed by atoms with van der Waals surface area (Å²) in [5.74, 6) is 1.85. The van der Waals surface area contributed by atoms with Crippen molar-refractivity contribution in [2.24, 2.45) is 0 Å². The Bertz CT molecular complexity index is 860. The molecule has 122 valence electrons. The van der Waals surface area contributed by atoms with E-state index in [0.717, 1.165) is 11.4 Å². The van der Waals surface area contributed by atoms with E-state index in [1.54, 1.807) is 23.8 Å². The summed E-state index contributed by atoms with van der Waals surface area (Å²) in [4.78, 5) is 16.4. The average molecular weight is 343 g/mol. The molecule has 0 atom stereocenters. The van der Waals surface area contributed by atoms with Gasteiger partial charge in [-0.15, -0.1) is 11.3 Å². The first kappa shape index (κ1) is 14.6. The van der Waals surface area contributed by atoms with E-state index >= 15 is 0 Å². The summed E-state index contributed by atoms with van der Waals surface area (Å²) in [5, 5.41) is 8.23. The number of nitrogens with one attached hydrogen (secondary N) is 2. The van der Waals surface area contributed by atoms with Gasteiger partial charge in [-0.1, -0.05) is 0 Å². The van der Waals surface area contributed by atoms with Crippen LogP contribution in [0.25, 0.3) is 0 Å². The third kappa shape index (κ3) is 3.04. The van der Waals surface area contributed by atoms with Crippen molar-refractivity contribution in [3.63, 3.8) is 0 Å². The van der Waals surface area contributed by atoms with Crippen molar-refractivity contribution in [1.82, 2.24) is 10.3 Å². The van der Waals surface area contributed by atoms with Crippen molar-refractivity contribution in [1.29, 1.82) is 0 Å². The number of fused-ring (bicyclic) bond motifs is 1. The van der Waals surface area contributed by atoms with Gasteiger partial charge in [0.1, 0.15) is 11.5 Å². The maximum atomic E-state index is 12.1. The van der Waals surface area contributed by atoms with Crippen molar-refractivity contribution in [3.05, 3.63) is 53.4 Å². The molecule has 8 heteroatoms. The number of rotatable bonds is 5. The van der Waals surface area contributed by atoms with E-state index in [2.05, 4.69) is 15.6 Å². The summed E-state index contributed by atoms with van der Waals surface area (Å²) in [6.07, 6.45) is 1.57. The standard InChI is InChI=1S/C16H13N3O4S/c20-15(17-7-11-2-1-5-21-11)12-8-24-16(19-12)18-10-3-4-13-14(6-10)23-9-22-13/h1-6,8H,7,9H2,(H,17,20)(H,18,19). The molecule has 7 nitrogen and oxygen atoms in total. The highest BCUT2D eigenvalue weighted by Crippen LogP contribution is 2.35. The molecule has 3 heterocycles. The Morgan fingerprint density at radius 3 is 3.04 bits per heavy atom. The van der Waals surface area contributed by atoms with Gasteiger partial charge in [0.2, 0.25) is 6.79 Å². The number of aromatic nitrogens is 1. The molecule has 4 rings (SSSR count). The molecule has 0 bridgehead atoms. The van der Waals surface area contributed by atoms with Gasteiger partial charge in [-0.2, -0.15) is 0 Å². The molecule has 1 aliphatic heterocycles. The van der Waals surface area contributed by atoms with E-state index < -0.39 is 0 Å². The molecule has 1 amide bonds. The Labute approximate surface area is 141 Å². The van der Waals surface area contributed by atoms with E-state index in [-0.39, 0.29) is 12.7 Å². The van der Waals surface area contributed by atoms with Crippen LogP contribution in [0.5, 0.6) is 11.5 Å². The minimum Gasteiger partial charge on any atom is -0.467 e. The number of benzene rings is 1. The molecular formula is C16H13N3O4S. The maximum absolute atomic E-state index is 12.1. The number of furan rings is 1. The van der Waals surface area contributed by atoms with Gasteiger partial charge in [-0.3, -0.25) is 4.79 Å². The predicted octanol–water partition coefficient (Wildman–Crippen LogP) is 3.14. The Morgan fingerprint density at radius 1 is 1.25 bits per heavy atom. The van der Waals surface area contributed by atoms with Crippen LogP contribution in [-0.4, -0.2) is 17.7 Å². The molecule has 1 aromatic carbocycles. The SMILES string of the molecule is O=C(NCc1ccco1)c1csc(Nc2ccc3c(c2)OCO3)n1. The number of carbonyl (C=O) groups is 1. The van der Waals surface area contributed by atoms with E-state index in [0.29, 0.717) is 28.9 Å². The first-order chi connectivity index (χ1) is 11.8. The van der Waals surface area contributed by atoms with Gasteiger partial charge in [0, 0.05) is 17.1 Å². The summed E-state index contributed by atoms with van der Waals surface area (Å²) < 4.78 is 15.8. The third-order valence-electron chi connectivity index (χ3n) is 3.36. The average Bonchev–Trinajstić information content (AvgIpc) is 3.33. The number of hydrogen-bond acceptors (Lipinski definition) is 7. The van der Waals surface area contributed by atoms with Gasteiger partial charge in [-0.25, -0.2) is 4.98 Å². The second kappa shape index (κ2) is 6.25. The number of anilines is 2. The lowest BCUT2D eigenvalue weighted by molar-refractivity contribution is 0.0944. The van der Waals surface area contributed by atoms with E-state index in [1.165, 1.54) is 11.3 Å². The molecule has 24 heavy (non-hydrogen) atoms. The second-order valence-electron chi connectivity index (χ2n) is 4.99. The van der Waals surface area contributed by atoms with Crippen LogP contribution in [0.4, 0.5) is 10.8 Å². The number of nitrogens with zero attached hydrogens (tertiary/aromatic N) is 1. The van der Waals surface area contributed by atoms with Crippen molar-refractivity contribution in [2.45, 2.75) is 6.54 Å². The Balaban J connectivity index is 1.40. The molecule has 0 fully saturated rings. The number of carbonyl (C=O) groups excluding carboxylic acids is 1. The van der Waals surface area contributed by atoms with Crippen LogP contribution < -0.4 is 20.1 Å². The Kier molecular flexibility index (Phi) is 3.80.